The Balaban J connectivity index is 1.59. The second kappa shape index (κ2) is 11.3. The summed E-state index contributed by atoms with van der Waals surface area (Å²) in [5, 5.41) is 3.13. The molecule has 0 heterocycles. The molecule has 8 nitrogen and oxygen atoms in total. The molecule has 1 amide bonds. The fourth-order valence-corrected chi connectivity index (χ4v) is 5.79. The molecule has 0 saturated heterocycles. The molecule has 0 fully saturated rings. The molecule has 0 aliphatic rings. The van der Waals surface area contributed by atoms with Crippen molar-refractivity contribution in [1.82, 2.24) is 0 Å². The third-order valence-electron chi connectivity index (χ3n) is 5.32. The van der Waals surface area contributed by atoms with Crippen LogP contribution < -0.4 is 14.3 Å². The van der Waals surface area contributed by atoms with Gasteiger partial charge >= 0.3 is 0 Å². The average molecular weight is 550 g/mol. The highest BCUT2D eigenvalue weighted by molar-refractivity contribution is 7.92. The molecule has 2 N–H and O–H groups in total. The smallest absolute Gasteiger partial charge is 0.261 e. The van der Waals surface area contributed by atoms with Crippen LogP contribution in [0.2, 0.25) is 5.02 Å². The maximum atomic E-state index is 12.6. The number of aryl methyl sites for hydroxylation is 2. The van der Waals surface area contributed by atoms with Gasteiger partial charge in [0.05, 0.1) is 16.8 Å². The lowest BCUT2D eigenvalue weighted by Crippen LogP contribution is -2.32. The highest BCUT2D eigenvalue weighted by Crippen LogP contribution is 2.27. The van der Waals surface area contributed by atoms with Crippen molar-refractivity contribution in [2.45, 2.75) is 31.6 Å². The summed E-state index contributed by atoms with van der Waals surface area (Å²) in [4.78, 5) is 12.5. The first-order chi connectivity index (χ1) is 16.8. The zero-order chi connectivity index (χ0) is 26.5. The van der Waals surface area contributed by atoms with Gasteiger partial charge in [0.25, 0.3) is 10.0 Å². The molecule has 36 heavy (non-hydrogen) atoms. The van der Waals surface area contributed by atoms with E-state index in [0.717, 1.165) is 17.4 Å². The topological polar surface area (TPSA) is 113 Å². The first kappa shape index (κ1) is 27.5. The van der Waals surface area contributed by atoms with Gasteiger partial charge in [-0.25, -0.2) is 16.8 Å². The predicted octanol–water partition coefficient (Wildman–Crippen LogP) is 4.94. The lowest BCUT2D eigenvalue weighted by Gasteiger charge is -2.24. The van der Waals surface area contributed by atoms with Crippen molar-refractivity contribution in [3.63, 3.8) is 0 Å². The number of nitrogens with zero attached hydrogens (tertiary/aromatic N) is 1. The van der Waals surface area contributed by atoms with E-state index in [1.165, 1.54) is 28.6 Å². The van der Waals surface area contributed by atoms with Crippen LogP contribution in [0.4, 0.5) is 17.1 Å². The molecule has 0 bridgehead atoms. The molecule has 3 aromatic carbocycles. The minimum absolute atomic E-state index is 0.0580. The fourth-order valence-electron chi connectivity index (χ4n) is 3.56. The highest BCUT2D eigenvalue weighted by Gasteiger charge is 2.20. The number of benzene rings is 3. The summed E-state index contributed by atoms with van der Waals surface area (Å²) in [6.07, 6.45) is 1.45. The molecule has 192 valence electrons. The summed E-state index contributed by atoms with van der Waals surface area (Å²) in [6.45, 7) is 3.76. The molecular weight excluding hydrogens is 522 g/mol. The van der Waals surface area contributed by atoms with E-state index in [0.29, 0.717) is 22.1 Å². The largest absolute Gasteiger partial charge is 0.326 e. The van der Waals surface area contributed by atoms with Crippen molar-refractivity contribution in [1.29, 1.82) is 0 Å². The molecule has 0 atom stereocenters. The van der Waals surface area contributed by atoms with Crippen LogP contribution >= 0.6 is 11.6 Å². The van der Waals surface area contributed by atoms with Crippen molar-refractivity contribution in [2.24, 2.45) is 0 Å². The molecule has 11 heteroatoms. The van der Waals surface area contributed by atoms with Crippen LogP contribution in [0, 0.1) is 13.8 Å². The molecule has 0 spiro atoms. The summed E-state index contributed by atoms with van der Waals surface area (Å²) < 4.78 is 53.7. The van der Waals surface area contributed by atoms with E-state index in [9.17, 15) is 21.6 Å². The van der Waals surface area contributed by atoms with Crippen LogP contribution in [0.3, 0.4) is 0 Å². The van der Waals surface area contributed by atoms with Crippen molar-refractivity contribution in [3.8, 4) is 0 Å². The minimum atomic E-state index is -3.78. The molecule has 0 saturated carbocycles. The molecule has 0 unspecified atom stereocenters. The SMILES string of the molecule is Cc1cccc(NS(=O)(=O)c2ccc(NC(=O)CCCN(c3cc(Cl)ccc3C)S(C)(=O)=O)cc2)c1. The van der Waals surface area contributed by atoms with Crippen LogP contribution in [0.25, 0.3) is 0 Å². The number of nitrogens with one attached hydrogen (secondary N) is 2. The molecule has 0 radical (unpaired) electrons. The van der Waals surface area contributed by atoms with Gasteiger partial charge in [-0.15, -0.1) is 0 Å². The van der Waals surface area contributed by atoms with Crippen LogP contribution in [-0.4, -0.2) is 35.5 Å². The Morgan fingerprint density at radius 2 is 1.61 bits per heavy atom. The van der Waals surface area contributed by atoms with Crippen LogP contribution in [0.5, 0.6) is 0 Å². The van der Waals surface area contributed by atoms with E-state index in [4.69, 9.17) is 11.6 Å². The molecule has 0 aromatic heterocycles. The Morgan fingerprint density at radius 3 is 2.25 bits per heavy atom. The Morgan fingerprint density at radius 1 is 0.917 bits per heavy atom. The van der Waals surface area contributed by atoms with Crippen LogP contribution in [-0.2, 0) is 24.8 Å². The second-order valence-corrected chi connectivity index (χ2v) is 12.4. The molecule has 0 aliphatic carbocycles. The number of carbonyl (C=O) groups is 1. The zero-order valence-corrected chi connectivity index (χ0v) is 22.5. The lowest BCUT2D eigenvalue weighted by atomic mass is 10.2. The Hall–Kier alpha value is -3.08. The number of carbonyl (C=O) groups excluding carboxylic acids is 1. The average Bonchev–Trinajstić information content (AvgIpc) is 2.78. The van der Waals surface area contributed by atoms with Crippen molar-refractivity contribution >= 4 is 54.6 Å². The number of halogens is 1. The van der Waals surface area contributed by atoms with Crippen LogP contribution in [0.1, 0.15) is 24.0 Å². The Labute approximate surface area is 217 Å². The van der Waals surface area contributed by atoms with Gasteiger partial charge in [0.15, 0.2) is 0 Å². The van der Waals surface area contributed by atoms with E-state index in [-0.39, 0.29) is 30.2 Å². The summed E-state index contributed by atoms with van der Waals surface area (Å²) in [7, 11) is -7.36. The lowest BCUT2D eigenvalue weighted by molar-refractivity contribution is -0.116. The van der Waals surface area contributed by atoms with E-state index in [1.807, 2.05) is 13.0 Å². The van der Waals surface area contributed by atoms with Crippen LogP contribution in [0.15, 0.2) is 71.6 Å². The van der Waals surface area contributed by atoms with Gasteiger partial charge in [0, 0.05) is 29.4 Å². The van der Waals surface area contributed by atoms with E-state index in [2.05, 4.69) is 10.0 Å². The Bertz CT molecular complexity index is 1460. The molecule has 3 aromatic rings. The maximum absolute atomic E-state index is 12.6. The highest BCUT2D eigenvalue weighted by atomic mass is 35.5. The number of rotatable bonds is 10. The van der Waals surface area contributed by atoms with Crippen molar-refractivity contribution in [3.05, 3.63) is 82.9 Å². The third kappa shape index (κ3) is 7.46. The second-order valence-electron chi connectivity index (χ2n) is 8.42. The van der Waals surface area contributed by atoms with E-state index < -0.39 is 20.0 Å². The predicted molar refractivity (Wildman–Crippen MR) is 145 cm³/mol. The van der Waals surface area contributed by atoms with Gasteiger partial charge in [-0.2, -0.15) is 0 Å². The van der Waals surface area contributed by atoms with Gasteiger partial charge < -0.3 is 5.32 Å². The van der Waals surface area contributed by atoms with Gasteiger partial charge in [0.2, 0.25) is 15.9 Å². The number of amides is 1. The quantitative estimate of drug-likeness (QED) is 0.372. The summed E-state index contributed by atoms with van der Waals surface area (Å²) in [6, 6.07) is 17.8. The summed E-state index contributed by atoms with van der Waals surface area (Å²) in [5.74, 6) is -0.320. The first-order valence-corrected chi connectivity index (χ1v) is 14.8. The number of hydrogen-bond donors (Lipinski definition) is 2. The summed E-state index contributed by atoms with van der Waals surface area (Å²) in [5.41, 5.74) is 3.04. The maximum Gasteiger partial charge on any atom is 0.261 e. The number of hydrogen-bond acceptors (Lipinski definition) is 5. The molecule has 3 rings (SSSR count). The minimum Gasteiger partial charge on any atom is -0.326 e. The monoisotopic (exact) mass is 549 g/mol. The zero-order valence-electron chi connectivity index (χ0n) is 20.2. The van der Waals surface area contributed by atoms with Crippen molar-refractivity contribution < 1.29 is 21.6 Å². The van der Waals surface area contributed by atoms with Gasteiger partial charge in [-0.3, -0.25) is 13.8 Å². The fraction of sp³-hybridized carbons (Fsp3) is 0.240. The number of sulfonamides is 2. The Kier molecular flexibility index (Phi) is 8.65. The molecular formula is C25H28ClN3O5S2. The summed E-state index contributed by atoms with van der Waals surface area (Å²) >= 11 is 6.04. The first-order valence-electron chi connectivity index (χ1n) is 11.1. The van der Waals surface area contributed by atoms with Gasteiger partial charge in [-0.1, -0.05) is 29.8 Å². The van der Waals surface area contributed by atoms with E-state index >= 15 is 0 Å². The third-order valence-corrected chi connectivity index (χ3v) is 8.14. The van der Waals surface area contributed by atoms with Crippen molar-refractivity contribution in [2.75, 3.05) is 27.1 Å². The van der Waals surface area contributed by atoms with E-state index in [1.54, 1.807) is 43.3 Å². The van der Waals surface area contributed by atoms with Gasteiger partial charge in [-0.05, 0) is 79.9 Å². The number of anilines is 3. The normalized spacial score (nSPS) is 11.7. The standard InChI is InChI=1S/C25H28ClN3O5S2/c1-18-6-4-7-22(16-18)28-36(33,34)23-13-11-21(12-14-23)27-25(30)8-5-15-29(35(3,31)32)24-17-20(26)10-9-19(24)2/h4,6-7,9-14,16-17,28H,5,8,15H2,1-3H3,(H,27,30). The van der Waals surface area contributed by atoms with Gasteiger partial charge in [0.1, 0.15) is 0 Å². The molecule has 0 aliphatic heterocycles.